The Morgan fingerprint density at radius 1 is 1.17 bits per heavy atom. The van der Waals surface area contributed by atoms with E-state index in [0.29, 0.717) is 11.3 Å². The average molecular weight is 391 g/mol. The molecule has 146 valence electrons. The molecule has 1 amide bonds. The van der Waals surface area contributed by atoms with Crippen molar-refractivity contribution < 1.29 is 13.7 Å². The molecular formula is C21H18FN5O2. The largest absolute Gasteiger partial charge is 0.334 e. The van der Waals surface area contributed by atoms with Gasteiger partial charge in [0.25, 0.3) is 5.89 Å². The topological polar surface area (TPSA) is 85.8 Å². The lowest BCUT2D eigenvalue weighted by Gasteiger charge is -2.11. The molecule has 0 saturated heterocycles. The van der Waals surface area contributed by atoms with Gasteiger partial charge in [0.2, 0.25) is 11.7 Å². The molecule has 0 atom stereocenters. The summed E-state index contributed by atoms with van der Waals surface area (Å²) in [6, 6.07) is 11.7. The van der Waals surface area contributed by atoms with Crippen molar-refractivity contribution in [3.05, 3.63) is 71.9 Å². The molecule has 0 fully saturated rings. The molecule has 0 aliphatic carbocycles. The number of hydrogen-bond acceptors (Lipinski definition) is 5. The molecule has 0 radical (unpaired) electrons. The zero-order valence-electron chi connectivity index (χ0n) is 15.9. The molecule has 2 aromatic carbocycles. The third kappa shape index (κ3) is 4.06. The van der Waals surface area contributed by atoms with Gasteiger partial charge in [-0.1, -0.05) is 29.4 Å². The Balaban J connectivity index is 1.47. The molecule has 4 rings (SSSR count). The van der Waals surface area contributed by atoms with E-state index in [0.717, 1.165) is 16.8 Å². The van der Waals surface area contributed by atoms with Crippen LogP contribution < -0.4 is 5.32 Å². The van der Waals surface area contributed by atoms with E-state index in [9.17, 15) is 9.18 Å². The molecule has 0 spiro atoms. The fraction of sp³-hybridized carbons (Fsp3) is 0.143. The normalized spacial score (nSPS) is 10.9. The quantitative estimate of drug-likeness (QED) is 0.556. The van der Waals surface area contributed by atoms with Crippen molar-refractivity contribution in [3.8, 4) is 23.0 Å². The van der Waals surface area contributed by atoms with E-state index in [1.807, 2.05) is 32.0 Å². The maximum atomic E-state index is 13.4. The molecule has 2 aromatic heterocycles. The van der Waals surface area contributed by atoms with Crippen LogP contribution in [0, 0.1) is 19.7 Å². The third-order valence-corrected chi connectivity index (χ3v) is 4.43. The number of amides is 1. The molecule has 0 aliphatic heterocycles. The minimum Gasteiger partial charge on any atom is -0.334 e. The van der Waals surface area contributed by atoms with Crippen LogP contribution in [0.1, 0.15) is 11.1 Å². The van der Waals surface area contributed by atoms with Gasteiger partial charge in [0.05, 0.1) is 6.33 Å². The standard InChI is InChI=1S/C21H18FN5O2/c1-13-5-3-6-14(2)19(13)24-18(28)11-27-10-17(23-12-27)20-25-21(29-26-20)15-7-4-8-16(22)9-15/h3-10,12H,11H2,1-2H3,(H,24,28). The second kappa shape index (κ2) is 7.67. The van der Waals surface area contributed by atoms with Gasteiger partial charge >= 0.3 is 0 Å². The molecule has 29 heavy (non-hydrogen) atoms. The highest BCUT2D eigenvalue weighted by atomic mass is 19.1. The van der Waals surface area contributed by atoms with Crippen molar-refractivity contribution in [2.75, 3.05) is 5.32 Å². The minimum absolute atomic E-state index is 0.0926. The molecule has 0 aliphatic rings. The summed E-state index contributed by atoms with van der Waals surface area (Å²) in [7, 11) is 0. The predicted molar refractivity (Wildman–Crippen MR) is 105 cm³/mol. The van der Waals surface area contributed by atoms with Gasteiger partial charge in [-0.05, 0) is 43.2 Å². The van der Waals surface area contributed by atoms with E-state index >= 15 is 0 Å². The van der Waals surface area contributed by atoms with Gasteiger partial charge in [-0.2, -0.15) is 4.98 Å². The van der Waals surface area contributed by atoms with Crippen LogP contribution in [0.5, 0.6) is 0 Å². The Bertz CT molecular complexity index is 1160. The van der Waals surface area contributed by atoms with Crippen LogP contribution >= 0.6 is 0 Å². The summed E-state index contributed by atoms with van der Waals surface area (Å²) in [6.45, 7) is 3.99. The predicted octanol–water partition coefficient (Wildman–Crippen LogP) is 3.99. The molecular weight excluding hydrogens is 373 g/mol. The highest BCUT2D eigenvalue weighted by molar-refractivity contribution is 5.92. The zero-order chi connectivity index (χ0) is 20.4. The number of hydrogen-bond donors (Lipinski definition) is 1. The summed E-state index contributed by atoms with van der Waals surface area (Å²) in [5.74, 6) is -0.0960. The number of nitrogens with zero attached hydrogens (tertiary/aromatic N) is 4. The zero-order valence-corrected chi connectivity index (χ0v) is 15.9. The van der Waals surface area contributed by atoms with Crippen molar-refractivity contribution in [2.24, 2.45) is 0 Å². The van der Waals surface area contributed by atoms with Crippen LogP contribution in [0.25, 0.3) is 23.0 Å². The summed E-state index contributed by atoms with van der Waals surface area (Å²) in [5, 5.41) is 6.83. The first kappa shape index (κ1) is 18.5. The lowest BCUT2D eigenvalue weighted by Crippen LogP contribution is -2.19. The Kier molecular flexibility index (Phi) is 4.90. The minimum atomic E-state index is -0.388. The van der Waals surface area contributed by atoms with Gasteiger partial charge in [-0.25, -0.2) is 9.37 Å². The van der Waals surface area contributed by atoms with Crippen molar-refractivity contribution in [1.29, 1.82) is 0 Å². The number of nitrogens with one attached hydrogen (secondary N) is 1. The molecule has 2 heterocycles. The van der Waals surface area contributed by atoms with Crippen LogP contribution in [-0.2, 0) is 11.3 Å². The van der Waals surface area contributed by atoms with Gasteiger partial charge < -0.3 is 14.4 Å². The lowest BCUT2D eigenvalue weighted by atomic mass is 10.1. The van der Waals surface area contributed by atoms with Crippen molar-refractivity contribution >= 4 is 11.6 Å². The third-order valence-electron chi connectivity index (χ3n) is 4.43. The first-order chi connectivity index (χ1) is 14.0. The summed E-state index contributed by atoms with van der Waals surface area (Å²) in [4.78, 5) is 20.9. The van der Waals surface area contributed by atoms with Gasteiger partial charge in [0.15, 0.2) is 0 Å². The van der Waals surface area contributed by atoms with Crippen molar-refractivity contribution in [2.45, 2.75) is 20.4 Å². The van der Waals surface area contributed by atoms with E-state index in [-0.39, 0.29) is 30.0 Å². The number of anilines is 1. The van der Waals surface area contributed by atoms with Crippen LogP contribution in [0.3, 0.4) is 0 Å². The SMILES string of the molecule is Cc1cccc(C)c1NC(=O)Cn1cnc(-c2noc(-c3cccc(F)c3)n2)c1. The van der Waals surface area contributed by atoms with Crippen molar-refractivity contribution in [3.63, 3.8) is 0 Å². The fourth-order valence-electron chi connectivity index (χ4n) is 2.98. The molecule has 0 unspecified atom stereocenters. The van der Waals surface area contributed by atoms with Crippen LogP contribution in [0.15, 0.2) is 59.5 Å². The highest BCUT2D eigenvalue weighted by Gasteiger charge is 2.14. The van der Waals surface area contributed by atoms with Crippen LogP contribution in [-0.4, -0.2) is 25.6 Å². The second-order valence-electron chi connectivity index (χ2n) is 6.68. The van der Waals surface area contributed by atoms with E-state index < -0.39 is 0 Å². The van der Waals surface area contributed by atoms with E-state index in [2.05, 4.69) is 20.4 Å². The van der Waals surface area contributed by atoms with E-state index in [1.54, 1.807) is 22.9 Å². The average Bonchev–Trinajstić information content (AvgIpc) is 3.34. The van der Waals surface area contributed by atoms with Gasteiger partial charge in [0.1, 0.15) is 18.1 Å². The van der Waals surface area contributed by atoms with Gasteiger partial charge in [-0.3, -0.25) is 4.79 Å². The lowest BCUT2D eigenvalue weighted by molar-refractivity contribution is -0.116. The molecule has 0 bridgehead atoms. The second-order valence-corrected chi connectivity index (χ2v) is 6.68. The number of carbonyl (C=O) groups is 1. The molecule has 4 aromatic rings. The fourth-order valence-corrected chi connectivity index (χ4v) is 2.98. The summed E-state index contributed by atoms with van der Waals surface area (Å²) in [6.07, 6.45) is 3.18. The monoisotopic (exact) mass is 391 g/mol. The number of benzene rings is 2. The molecule has 7 nitrogen and oxygen atoms in total. The first-order valence-corrected chi connectivity index (χ1v) is 8.97. The highest BCUT2D eigenvalue weighted by Crippen LogP contribution is 2.22. The number of rotatable bonds is 5. The molecule has 1 N–H and O–H groups in total. The Morgan fingerprint density at radius 3 is 2.69 bits per heavy atom. The summed E-state index contributed by atoms with van der Waals surface area (Å²) >= 11 is 0. The summed E-state index contributed by atoms with van der Waals surface area (Å²) < 4.78 is 20.2. The Labute approximate surface area is 166 Å². The number of halogens is 1. The number of imidazole rings is 1. The maximum Gasteiger partial charge on any atom is 0.258 e. The van der Waals surface area contributed by atoms with Gasteiger partial charge in [-0.15, -0.1) is 0 Å². The summed E-state index contributed by atoms with van der Waals surface area (Å²) in [5.41, 5.74) is 3.76. The van der Waals surface area contributed by atoms with Crippen LogP contribution in [0.4, 0.5) is 10.1 Å². The number of carbonyl (C=O) groups excluding carboxylic acids is 1. The number of aromatic nitrogens is 4. The van der Waals surface area contributed by atoms with E-state index in [1.165, 1.54) is 18.5 Å². The smallest absolute Gasteiger partial charge is 0.258 e. The van der Waals surface area contributed by atoms with Gasteiger partial charge in [0, 0.05) is 17.4 Å². The van der Waals surface area contributed by atoms with Crippen molar-refractivity contribution in [1.82, 2.24) is 19.7 Å². The first-order valence-electron chi connectivity index (χ1n) is 8.97. The number of para-hydroxylation sites is 1. The maximum absolute atomic E-state index is 13.4. The molecule has 8 heteroatoms. The Hall–Kier alpha value is -3.81. The molecule has 0 saturated carbocycles. The van der Waals surface area contributed by atoms with E-state index in [4.69, 9.17) is 4.52 Å². The van der Waals surface area contributed by atoms with Crippen LogP contribution in [0.2, 0.25) is 0 Å². The Morgan fingerprint density at radius 2 is 1.93 bits per heavy atom. The number of aryl methyl sites for hydroxylation is 2.